The van der Waals surface area contributed by atoms with Gasteiger partial charge in [0, 0.05) is 30.6 Å². The number of nitrogens with zero attached hydrogens (tertiary/aromatic N) is 1. The maximum atomic E-state index is 12.7. The highest BCUT2D eigenvalue weighted by Gasteiger charge is 2.23. The molecular weight excluding hydrogens is 328 g/mol. The third-order valence-electron chi connectivity index (χ3n) is 4.67. The summed E-state index contributed by atoms with van der Waals surface area (Å²) in [5.74, 6) is -0.205. The van der Waals surface area contributed by atoms with E-state index < -0.39 is 0 Å². The zero-order chi connectivity index (χ0) is 18.7. The molecule has 0 fully saturated rings. The van der Waals surface area contributed by atoms with Crippen molar-refractivity contribution < 1.29 is 14.3 Å². The van der Waals surface area contributed by atoms with Gasteiger partial charge in [-0.2, -0.15) is 0 Å². The monoisotopic (exact) mass is 352 g/mol. The van der Waals surface area contributed by atoms with Crippen LogP contribution < -0.4 is 10.2 Å². The average Bonchev–Trinajstić information content (AvgIpc) is 2.63. The Bertz CT molecular complexity index is 845. The van der Waals surface area contributed by atoms with Crippen LogP contribution in [0.5, 0.6) is 0 Å². The summed E-state index contributed by atoms with van der Waals surface area (Å²) >= 11 is 0. The van der Waals surface area contributed by atoms with Crippen LogP contribution in [0.4, 0.5) is 11.4 Å². The Morgan fingerprint density at radius 1 is 1.15 bits per heavy atom. The number of carbonyl (C=O) groups excluding carboxylic acids is 2. The summed E-state index contributed by atoms with van der Waals surface area (Å²) in [6, 6.07) is 11.6. The van der Waals surface area contributed by atoms with Gasteiger partial charge in [-0.1, -0.05) is 23.8 Å². The lowest BCUT2D eigenvalue weighted by molar-refractivity contribution is -0.122. The zero-order valence-corrected chi connectivity index (χ0v) is 15.5. The van der Waals surface area contributed by atoms with Gasteiger partial charge in [0.1, 0.15) is 6.61 Å². The topological polar surface area (TPSA) is 58.6 Å². The van der Waals surface area contributed by atoms with Crippen molar-refractivity contribution in [3.63, 3.8) is 0 Å². The lowest BCUT2D eigenvalue weighted by Gasteiger charge is -2.30. The Morgan fingerprint density at radius 3 is 2.73 bits per heavy atom. The highest BCUT2D eigenvalue weighted by molar-refractivity contribution is 6.06. The average molecular weight is 352 g/mol. The minimum absolute atomic E-state index is 0.0541. The number of hydrogen-bond donors (Lipinski definition) is 1. The second-order valence-electron chi connectivity index (χ2n) is 6.70. The molecule has 26 heavy (non-hydrogen) atoms. The number of fused-ring (bicyclic) bond motifs is 1. The minimum atomic E-state index is -0.142. The van der Waals surface area contributed by atoms with Gasteiger partial charge in [0.15, 0.2) is 0 Å². The molecule has 0 aliphatic carbocycles. The van der Waals surface area contributed by atoms with Gasteiger partial charge < -0.3 is 15.0 Å². The second-order valence-corrected chi connectivity index (χ2v) is 6.70. The SMILES string of the molecule is COCC(=O)N1CCCc2ccc(NC(=O)c3cc(C)ccc3C)cc21. The Hall–Kier alpha value is -2.66. The first-order valence-corrected chi connectivity index (χ1v) is 8.80. The second kappa shape index (κ2) is 7.70. The van der Waals surface area contributed by atoms with Crippen LogP contribution in [-0.2, 0) is 16.0 Å². The fourth-order valence-electron chi connectivity index (χ4n) is 3.29. The molecule has 0 spiro atoms. The van der Waals surface area contributed by atoms with E-state index >= 15 is 0 Å². The number of nitrogens with one attached hydrogen (secondary N) is 1. The van der Waals surface area contributed by atoms with Crippen LogP contribution in [0, 0.1) is 13.8 Å². The van der Waals surface area contributed by atoms with Crippen LogP contribution >= 0.6 is 0 Å². The highest BCUT2D eigenvalue weighted by atomic mass is 16.5. The lowest BCUT2D eigenvalue weighted by atomic mass is 10.0. The number of methoxy groups -OCH3 is 1. The summed E-state index contributed by atoms with van der Waals surface area (Å²) in [6.45, 7) is 4.61. The maximum Gasteiger partial charge on any atom is 0.255 e. The molecule has 1 N–H and O–H groups in total. The molecule has 5 nitrogen and oxygen atoms in total. The number of amides is 2. The smallest absolute Gasteiger partial charge is 0.255 e. The van der Waals surface area contributed by atoms with E-state index in [1.54, 1.807) is 4.90 Å². The van der Waals surface area contributed by atoms with Gasteiger partial charge in [0.25, 0.3) is 11.8 Å². The fourth-order valence-corrected chi connectivity index (χ4v) is 3.29. The molecule has 1 aliphatic rings. The van der Waals surface area contributed by atoms with Crippen LogP contribution in [0.3, 0.4) is 0 Å². The van der Waals surface area contributed by atoms with Crippen molar-refractivity contribution in [2.24, 2.45) is 0 Å². The first-order valence-electron chi connectivity index (χ1n) is 8.80. The number of carbonyl (C=O) groups is 2. The quantitative estimate of drug-likeness (QED) is 0.916. The summed E-state index contributed by atoms with van der Waals surface area (Å²) < 4.78 is 4.99. The van der Waals surface area contributed by atoms with Crippen molar-refractivity contribution in [2.75, 3.05) is 30.5 Å². The molecule has 2 aromatic rings. The largest absolute Gasteiger partial charge is 0.375 e. The van der Waals surface area contributed by atoms with E-state index in [0.717, 1.165) is 35.2 Å². The number of rotatable bonds is 4. The molecule has 2 aromatic carbocycles. The van der Waals surface area contributed by atoms with Gasteiger partial charge in [-0.15, -0.1) is 0 Å². The van der Waals surface area contributed by atoms with E-state index in [1.165, 1.54) is 7.11 Å². The molecule has 3 rings (SSSR count). The van der Waals surface area contributed by atoms with Gasteiger partial charge in [-0.25, -0.2) is 0 Å². The molecule has 1 aliphatic heterocycles. The molecule has 5 heteroatoms. The van der Waals surface area contributed by atoms with Crippen LogP contribution in [0.1, 0.15) is 33.5 Å². The maximum absolute atomic E-state index is 12.7. The summed E-state index contributed by atoms with van der Waals surface area (Å²) in [6.07, 6.45) is 1.86. The molecule has 0 atom stereocenters. The number of ether oxygens (including phenoxy) is 1. The molecule has 0 unspecified atom stereocenters. The Balaban J connectivity index is 1.86. The van der Waals surface area contributed by atoms with Gasteiger partial charge in [-0.05, 0) is 56.0 Å². The van der Waals surface area contributed by atoms with Gasteiger partial charge >= 0.3 is 0 Å². The minimum Gasteiger partial charge on any atom is -0.375 e. The molecule has 136 valence electrons. The normalized spacial score (nSPS) is 13.3. The van der Waals surface area contributed by atoms with Crippen molar-refractivity contribution in [1.82, 2.24) is 0 Å². The Morgan fingerprint density at radius 2 is 1.96 bits per heavy atom. The zero-order valence-electron chi connectivity index (χ0n) is 15.5. The van der Waals surface area contributed by atoms with E-state index in [1.807, 2.05) is 50.2 Å². The highest BCUT2D eigenvalue weighted by Crippen LogP contribution is 2.30. The summed E-state index contributed by atoms with van der Waals surface area (Å²) in [7, 11) is 1.52. The number of aryl methyl sites for hydroxylation is 3. The standard InChI is InChI=1S/C21H24N2O3/c1-14-6-7-15(2)18(11-14)21(25)22-17-9-8-16-5-4-10-23(19(16)12-17)20(24)13-26-3/h6-9,11-12H,4-5,10,13H2,1-3H3,(H,22,25). The lowest BCUT2D eigenvalue weighted by Crippen LogP contribution is -2.37. The van der Waals surface area contributed by atoms with Crippen LogP contribution in [0.15, 0.2) is 36.4 Å². The van der Waals surface area contributed by atoms with Crippen molar-refractivity contribution in [1.29, 1.82) is 0 Å². The van der Waals surface area contributed by atoms with Crippen molar-refractivity contribution in [3.05, 3.63) is 58.7 Å². The Kier molecular flexibility index (Phi) is 5.38. The van der Waals surface area contributed by atoms with Crippen LogP contribution in [-0.4, -0.2) is 32.1 Å². The van der Waals surface area contributed by atoms with E-state index in [0.29, 0.717) is 17.8 Å². The fraction of sp³-hybridized carbons (Fsp3) is 0.333. The predicted octanol–water partition coefficient (Wildman–Crippen LogP) is 3.48. The van der Waals surface area contributed by atoms with Gasteiger partial charge in [-0.3, -0.25) is 9.59 Å². The van der Waals surface area contributed by atoms with Crippen molar-refractivity contribution >= 4 is 23.2 Å². The molecule has 0 saturated carbocycles. The van der Waals surface area contributed by atoms with Crippen LogP contribution in [0.2, 0.25) is 0 Å². The number of benzene rings is 2. The van der Waals surface area contributed by atoms with Crippen LogP contribution in [0.25, 0.3) is 0 Å². The molecule has 0 aromatic heterocycles. The van der Waals surface area contributed by atoms with Gasteiger partial charge in [0.05, 0.1) is 0 Å². The number of hydrogen-bond acceptors (Lipinski definition) is 3. The third kappa shape index (κ3) is 3.78. The summed E-state index contributed by atoms with van der Waals surface area (Å²) in [5.41, 5.74) is 5.30. The van der Waals surface area contributed by atoms with E-state index in [2.05, 4.69) is 5.32 Å². The van der Waals surface area contributed by atoms with E-state index in [4.69, 9.17) is 4.74 Å². The molecule has 0 saturated heterocycles. The molecule has 1 heterocycles. The molecular formula is C21H24N2O3. The van der Waals surface area contributed by atoms with Crippen molar-refractivity contribution in [3.8, 4) is 0 Å². The van der Waals surface area contributed by atoms with Crippen molar-refractivity contribution in [2.45, 2.75) is 26.7 Å². The molecule has 0 radical (unpaired) electrons. The molecule has 2 amide bonds. The van der Waals surface area contributed by atoms with E-state index in [-0.39, 0.29) is 18.4 Å². The van der Waals surface area contributed by atoms with Gasteiger partial charge in [0.2, 0.25) is 0 Å². The third-order valence-corrected chi connectivity index (χ3v) is 4.67. The predicted molar refractivity (Wildman–Crippen MR) is 103 cm³/mol. The first kappa shape index (κ1) is 18.1. The molecule has 0 bridgehead atoms. The summed E-state index contributed by atoms with van der Waals surface area (Å²) in [5, 5.41) is 2.96. The summed E-state index contributed by atoms with van der Waals surface area (Å²) in [4.78, 5) is 26.7. The Labute approximate surface area is 154 Å². The number of anilines is 2. The van der Waals surface area contributed by atoms with E-state index in [9.17, 15) is 9.59 Å². The first-order chi connectivity index (χ1) is 12.5.